The lowest BCUT2D eigenvalue weighted by Crippen LogP contribution is -2.35. The number of ether oxygens (including phenoxy) is 2. The summed E-state index contributed by atoms with van der Waals surface area (Å²) in [6.45, 7) is 7.36. The van der Waals surface area contributed by atoms with Crippen LogP contribution in [0.15, 0.2) is 42.5 Å². The minimum atomic E-state index is -0.164. The molecule has 2 amide bonds. The van der Waals surface area contributed by atoms with Gasteiger partial charge in [0.2, 0.25) is 5.91 Å². The number of aryl methyl sites for hydroxylation is 1. The molecule has 0 fully saturated rings. The van der Waals surface area contributed by atoms with E-state index in [0.29, 0.717) is 24.5 Å². The minimum Gasteiger partial charge on any atom is -0.486 e. The van der Waals surface area contributed by atoms with Crippen LogP contribution in [0.2, 0.25) is 0 Å². The molecular weight excluding hydrogens is 368 g/mol. The molecule has 0 spiro atoms. The quantitative estimate of drug-likeness (QED) is 0.752. The maximum atomic E-state index is 12.5. The standard InChI is InChI=1S/C23H28N2O4/c1-15(2)22(17-8-9-19-20(14-17)29-13-12-28-19)25-21(26)10-11-24-23(27)18-7-5-4-6-16(18)3/h4-9,14-15,22H,10-13H2,1-3H3,(H,24,27)(H,25,26). The molecule has 0 radical (unpaired) electrons. The zero-order valence-electron chi connectivity index (χ0n) is 17.2. The van der Waals surface area contributed by atoms with E-state index in [0.717, 1.165) is 16.9 Å². The van der Waals surface area contributed by atoms with Crippen molar-refractivity contribution in [1.29, 1.82) is 0 Å². The van der Waals surface area contributed by atoms with E-state index in [1.165, 1.54) is 0 Å². The molecule has 2 aromatic carbocycles. The molecule has 0 bridgehead atoms. The number of carbonyl (C=O) groups is 2. The Labute approximate surface area is 171 Å². The van der Waals surface area contributed by atoms with E-state index < -0.39 is 0 Å². The van der Waals surface area contributed by atoms with E-state index in [1.807, 2.05) is 43.3 Å². The molecule has 154 valence electrons. The van der Waals surface area contributed by atoms with Gasteiger partial charge in [-0.05, 0) is 42.2 Å². The van der Waals surface area contributed by atoms with Gasteiger partial charge in [-0.25, -0.2) is 0 Å². The second-order valence-electron chi connectivity index (χ2n) is 7.51. The molecule has 0 aromatic heterocycles. The Kier molecular flexibility index (Phi) is 6.75. The van der Waals surface area contributed by atoms with Crippen LogP contribution in [0.25, 0.3) is 0 Å². The number of hydrogen-bond donors (Lipinski definition) is 2. The fourth-order valence-corrected chi connectivity index (χ4v) is 3.35. The number of fused-ring (bicyclic) bond motifs is 1. The van der Waals surface area contributed by atoms with E-state index in [9.17, 15) is 9.59 Å². The maximum Gasteiger partial charge on any atom is 0.251 e. The van der Waals surface area contributed by atoms with E-state index in [4.69, 9.17) is 9.47 Å². The highest BCUT2D eigenvalue weighted by Crippen LogP contribution is 2.34. The molecule has 2 aromatic rings. The zero-order chi connectivity index (χ0) is 20.8. The predicted octanol–water partition coefficient (Wildman–Crippen LogP) is 3.40. The van der Waals surface area contributed by atoms with E-state index in [-0.39, 0.29) is 36.7 Å². The lowest BCUT2D eigenvalue weighted by Gasteiger charge is -2.25. The molecule has 29 heavy (non-hydrogen) atoms. The third-order valence-corrected chi connectivity index (χ3v) is 4.94. The van der Waals surface area contributed by atoms with Crippen LogP contribution < -0.4 is 20.1 Å². The summed E-state index contributed by atoms with van der Waals surface area (Å²) < 4.78 is 11.2. The van der Waals surface area contributed by atoms with Gasteiger partial charge in [-0.3, -0.25) is 9.59 Å². The number of carbonyl (C=O) groups excluding carboxylic acids is 2. The van der Waals surface area contributed by atoms with Crippen molar-refractivity contribution in [3.63, 3.8) is 0 Å². The van der Waals surface area contributed by atoms with Crippen molar-refractivity contribution in [3.8, 4) is 11.5 Å². The fourth-order valence-electron chi connectivity index (χ4n) is 3.35. The monoisotopic (exact) mass is 396 g/mol. The van der Waals surface area contributed by atoms with Crippen LogP contribution in [-0.4, -0.2) is 31.6 Å². The van der Waals surface area contributed by atoms with Crippen molar-refractivity contribution in [2.24, 2.45) is 5.92 Å². The highest BCUT2D eigenvalue weighted by atomic mass is 16.6. The van der Waals surface area contributed by atoms with E-state index >= 15 is 0 Å². The van der Waals surface area contributed by atoms with Gasteiger partial charge >= 0.3 is 0 Å². The summed E-state index contributed by atoms with van der Waals surface area (Å²) in [7, 11) is 0. The van der Waals surface area contributed by atoms with Crippen LogP contribution in [0.4, 0.5) is 0 Å². The van der Waals surface area contributed by atoms with Crippen LogP contribution in [-0.2, 0) is 4.79 Å². The maximum absolute atomic E-state index is 12.5. The molecule has 0 aliphatic carbocycles. The van der Waals surface area contributed by atoms with E-state index in [1.54, 1.807) is 6.07 Å². The Morgan fingerprint density at radius 3 is 2.48 bits per heavy atom. The van der Waals surface area contributed by atoms with Gasteiger partial charge in [-0.15, -0.1) is 0 Å². The van der Waals surface area contributed by atoms with Crippen molar-refractivity contribution < 1.29 is 19.1 Å². The van der Waals surface area contributed by atoms with Gasteiger partial charge in [-0.2, -0.15) is 0 Å². The molecule has 6 heteroatoms. The average Bonchev–Trinajstić information content (AvgIpc) is 2.71. The number of nitrogens with one attached hydrogen (secondary N) is 2. The summed E-state index contributed by atoms with van der Waals surface area (Å²) in [4.78, 5) is 24.8. The molecular formula is C23H28N2O4. The van der Waals surface area contributed by atoms with E-state index in [2.05, 4.69) is 24.5 Å². The van der Waals surface area contributed by atoms with Crippen molar-refractivity contribution >= 4 is 11.8 Å². The summed E-state index contributed by atoms with van der Waals surface area (Å²) in [6, 6.07) is 13.0. The molecule has 1 aliphatic heterocycles. The summed E-state index contributed by atoms with van der Waals surface area (Å²) in [5.74, 6) is 1.36. The number of hydrogen-bond acceptors (Lipinski definition) is 4. The third kappa shape index (κ3) is 5.28. The molecule has 1 unspecified atom stereocenters. The van der Waals surface area contributed by atoms with Gasteiger partial charge in [0.25, 0.3) is 5.91 Å². The first kappa shape index (κ1) is 20.7. The predicted molar refractivity (Wildman–Crippen MR) is 111 cm³/mol. The highest BCUT2D eigenvalue weighted by Gasteiger charge is 2.21. The molecule has 3 rings (SSSR count). The van der Waals surface area contributed by atoms with Crippen molar-refractivity contribution in [3.05, 3.63) is 59.2 Å². The first-order chi connectivity index (χ1) is 14.0. The van der Waals surface area contributed by atoms with Crippen molar-refractivity contribution in [1.82, 2.24) is 10.6 Å². The van der Waals surface area contributed by atoms with Crippen molar-refractivity contribution in [2.75, 3.05) is 19.8 Å². The van der Waals surface area contributed by atoms with Gasteiger partial charge in [0.05, 0.1) is 6.04 Å². The smallest absolute Gasteiger partial charge is 0.251 e. The topological polar surface area (TPSA) is 76.7 Å². The highest BCUT2D eigenvalue weighted by molar-refractivity contribution is 5.95. The third-order valence-electron chi connectivity index (χ3n) is 4.94. The SMILES string of the molecule is Cc1ccccc1C(=O)NCCC(=O)NC(c1ccc2c(c1)OCCO2)C(C)C. The summed E-state index contributed by atoms with van der Waals surface area (Å²) >= 11 is 0. The Bertz CT molecular complexity index is 879. The average molecular weight is 396 g/mol. The minimum absolute atomic E-state index is 0.108. The Morgan fingerprint density at radius 1 is 1.03 bits per heavy atom. The van der Waals surface area contributed by atoms with Crippen molar-refractivity contribution in [2.45, 2.75) is 33.2 Å². The molecule has 1 aliphatic rings. The molecule has 1 atom stereocenters. The number of benzene rings is 2. The summed E-state index contributed by atoms with van der Waals surface area (Å²) in [6.07, 6.45) is 0.214. The van der Waals surface area contributed by atoms with Crippen LogP contribution in [0.5, 0.6) is 11.5 Å². The molecule has 2 N–H and O–H groups in total. The van der Waals surface area contributed by atoms with Gasteiger partial charge in [-0.1, -0.05) is 38.1 Å². The molecule has 1 heterocycles. The van der Waals surface area contributed by atoms with Gasteiger partial charge in [0.1, 0.15) is 13.2 Å². The fraction of sp³-hybridized carbons (Fsp3) is 0.391. The first-order valence-corrected chi connectivity index (χ1v) is 9.98. The Morgan fingerprint density at radius 2 is 1.76 bits per heavy atom. The molecule has 6 nitrogen and oxygen atoms in total. The van der Waals surface area contributed by atoms with Gasteiger partial charge in [0, 0.05) is 18.5 Å². The number of amides is 2. The van der Waals surface area contributed by atoms with Gasteiger partial charge < -0.3 is 20.1 Å². The lowest BCUT2D eigenvalue weighted by molar-refractivity contribution is -0.122. The Balaban J connectivity index is 1.56. The second kappa shape index (κ2) is 9.45. The zero-order valence-corrected chi connectivity index (χ0v) is 17.2. The van der Waals surface area contributed by atoms with Crippen LogP contribution in [0.3, 0.4) is 0 Å². The van der Waals surface area contributed by atoms with Crippen LogP contribution in [0, 0.1) is 12.8 Å². The molecule has 0 saturated heterocycles. The summed E-state index contributed by atoms with van der Waals surface area (Å²) in [5.41, 5.74) is 2.51. The summed E-state index contributed by atoms with van der Waals surface area (Å²) in [5, 5.41) is 5.90. The lowest BCUT2D eigenvalue weighted by atomic mass is 9.95. The largest absolute Gasteiger partial charge is 0.486 e. The molecule has 0 saturated carbocycles. The first-order valence-electron chi connectivity index (χ1n) is 9.98. The van der Waals surface area contributed by atoms with Gasteiger partial charge in [0.15, 0.2) is 11.5 Å². The second-order valence-corrected chi connectivity index (χ2v) is 7.51. The van der Waals surface area contributed by atoms with Crippen LogP contribution in [0.1, 0.15) is 47.8 Å². The normalized spacial score (nSPS) is 13.7. The number of rotatable bonds is 7. The Hall–Kier alpha value is -3.02. The van der Waals surface area contributed by atoms with Crippen LogP contribution >= 0.6 is 0 Å².